The van der Waals surface area contributed by atoms with Gasteiger partial charge in [0, 0.05) is 32.0 Å². The van der Waals surface area contributed by atoms with Crippen molar-refractivity contribution in [1.29, 1.82) is 0 Å². The van der Waals surface area contributed by atoms with Gasteiger partial charge in [-0.05, 0) is 19.3 Å². The van der Waals surface area contributed by atoms with Gasteiger partial charge in [0.2, 0.25) is 0 Å². The molecule has 21 heavy (non-hydrogen) atoms. The third-order valence-corrected chi connectivity index (χ3v) is 4.00. The molecule has 2 amide bonds. The van der Waals surface area contributed by atoms with Gasteiger partial charge in [0.1, 0.15) is 5.54 Å². The minimum Gasteiger partial charge on any atom is -0.479 e. The van der Waals surface area contributed by atoms with E-state index in [1.54, 1.807) is 12.5 Å². The van der Waals surface area contributed by atoms with Crippen LogP contribution in [0, 0.1) is 0 Å². The molecule has 0 radical (unpaired) electrons. The first-order valence-corrected chi connectivity index (χ1v) is 7.35. The normalized spacial score (nSPS) is 21.5. The van der Waals surface area contributed by atoms with Gasteiger partial charge < -0.3 is 19.9 Å². The van der Waals surface area contributed by atoms with Gasteiger partial charge >= 0.3 is 12.0 Å². The Balaban J connectivity index is 1.95. The van der Waals surface area contributed by atoms with E-state index < -0.39 is 11.5 Å². The van der Waals surface area contributed by atoms with E-state index in [1.165, 1.54) is 4.90 Å². The van der Waals surface area contributed by atoms with Gasteiger partial charge in [-0.2, -0.15) is 0 Å². The van der Waals surface area contributed by atoms with Crippen LogP contribution in [0.3, 0.4) is 0 Å². The first-order chi connectivity index (χ1) is 10.1. The summed E-state index contributed by atoms with van der Waals surface area (Å²) in [4.78, 5) is 29.4. The first kappa shape index (κ1) is 15.3. The van der Waals surface area contributed by atoms with Crippen molar-refractivity contribution in [3.8, 4) is 0 Å². The number of amides is 2. The molecule has 0 saturated carbocycles. The van der Waals surface area contributed by atoms with Gasteiger partial charge in [0.15, 0.2) is 0 Å². The van der Waals surface area contributed by atoms with Crippen molar-refractivity contribution in [1.82, 2.24) is 19.8 Å². The van der Waals surface area contributed by atoms with E-state index in [-0.39, 0.29) is 6.03 Å². The predicted octanol–water partition coefficient (Wildman–Crippen LogP) is 1.31. The number of nitrogens with one attached hydrogen (secondary N) is 1. The molecule has 0 aliphatic carbocycles. The number of nitrogens with zero attached hydrogens (tertiary/aromatic N) is 3. The molecular formula is C14H22N4O3. The van der Waals surface area contributed by atoms with Crippen LogP contribution >= 0.6 is 0 Å². The molecule has 1 aliphatic heterocycles. The molecular weight excluding hydrogens is 272 g/mol. The molecule has 1 saturated heterocycles. The third kappa shape index (κ3) is 3.17. The van der Waals surface area contributed by atoms with Crippen LogP contribution in [0.1, 0.15) is 32.6 Å². The lowest BCUT2D eigenvalue weighted by Gasteiger charge is -2.34. The number of aliphatic carboxylic acids is 1. The quantitative estimate of drug-likeness (QED) is 0.828. The topological polar surface area (TPSA) is 87.5 Å². The van der Waals surface area contributed by atoms with Gasteiger partial charge in [0.25, 0.3) is 0 Å². The summed E-state index contributed by atoms with van der Waals surface area (Å²) in [6.07, 6.45) is 7.69. The SMILES string of the molecule is CCCC1(C(=O)O)CCCN1C(=O)NCCn1ccnc1. The van der Waals surface area contributed by atoms with E-state index in [4.69, 9.17) is 0 Å². The van der Waals surface area contributed by atoms with Crippen LogP contribution in [0.2, 0.25) is 0 Å². The highest BCUT2D eigenvalue weighted by atomic mass is 16.4. The Bertz CT molecular complexity index is 488. The van der Waals surface area contributed by atoms with Gasteiger partial charge in [-0.15, -0.1) is 0 Å². The highest BCUT2D eigenvalue weighted by molar-refractivity contribution is 5.87. The Morgan fingerprint density at radius 3 is 2.90 bits per heavy atom. The average molecular weight is 294 g/mol. The summed E-state index contributed by atoms with van der Waals surface area (Å²) >= 11 is 0. The Kier molecular flexibility index (Phi) is 4.82. The van der Waals surface area contributed by atoms with Crippen molar-refractivity contribution >= 4 is 12.0 Å². The van der Waals surface area contributed by atoms with Crippen LogP contribution in [-0.2, 0) is 11.3 Å². The smallest absolute Gasteiger partial charge is 0.329 e. The zero-order chi connectivity index (χ0) is 15.3. The van der Waals surface area contributed by atoms with Gasteiger partial charge in [-0.3, -0.25) is 0 Å². The predicted molar refractivity (Wildman–Crippen MR) is 76.8 cm³/mol. The Hall–Kier alpha value is -2.05. The second-order valence-electron chi connectivity index (χ2n) is 5.37. The number of imidazole rings is 1. The van der Waals surface area contributed by atoms with Gasteiger partial charge in [0.05, 0.1) is 6.33 Å². The van der Waals surface area contributed by atoms with Crippen molar-refractivity contribution in [2.75, 3.05) is 13.1 Å². The molecule has 2 N–H and O–H groups in total. The molecule has 0 bridgehead atoms. The minimum atomic E-state index is -1.03. The van der Waals surface area contributed by atoms with Crippen molar-refractivity contribution in [2.24, 2.45) is 0 Å². The highest BCUT2D eigenvalue weighted by Gasteiger charge is 2.49. The molecule has 1 fully saturated rings. The Morgan fingerprint density at radius 1 is 1.48 bits per heavy atom. The Labute approximate surface area is 124 Å². The summed E-state index contributed by atoms with van der Waals surface area (Å²) in [5.74, 6) is -0.897. The summed E-state index contributed by atoms with van der Waals surface area (Å²) < 4.78 is 1.86. The average Bonchev–Trinajstić information content (AvgIpc) is 3.08. The lowest BCUT2D eigenvalue weighted by Crippen LogP contribution is -2.56. The summed E-state index contributed by atoms with van der Waals surface area (Å²) in [6, 6.07) is -0.288. The number of likely N-dealkylation sites (tertiary alicyclic amines) is 1. The number of carbonyl (C=O) groups excluding carboxylic acids is 1. The zero-order valence-electron chi connectivity index (χ0n) is 12.3. The van der Waals surface area contributed by atoms with E-state index in [0.29, 0.717) is 32.5 Å². The molecule has 1 aliphatic rings. The molecule has 2 heterocycles. The van der Waals surface area contributed by atoms with Crippen molar-refractivity contribution in [3.05, 3.63) is 18.7 Å². The minimum absolute atomic E-state index is 0.288. The lowest BCUT2D eigenvalue weighted by molar-refractivity contribution is -0.148. The number of carboxylic acids is 1. The van der Waals surface area contributed by atoms with E-state index in [2.05, 4.69) is 10.3 Å². The van der Waals surface area contributed by atoms with Crippen molar-refractivity contribution < 1.29 is 14.7 Å². The number of hydrogen-bond acceptors (Lipinski definition) is 3. The van der Waals surface area contributed by atoms with E-state index >= 15 is 0 Å². The van der Waals surface area contributed by atoms with Crippen LogP contribution in [0.4, 0.5) is 4.79 Å². The number of carboxylic acid groups (broad SMARTS) is 1. The van der Waals surface area contributed by atoms with Crippen LogP contribution in [0.15, 0.2) is 18.7 Å². The van der Waals surface area contributed by atoms with Crippen molar-refractivity contribution in [2.45, 2.75) is 44.7 Å². The van der Waals surface area contributed by atoms with Crippen LogP contribution < -0.4 is 5.32 Å². The number of urea groups is 1. The summed E-state index contributed by atoms with van der Waals surface area (Å²) in [6.45, 7) is 3.52. The number of aromatic nitrogens is 2. The molecule has 1 unspecified atom stereocenters. The lowest BCUT2D eigenvalue weighted by atomic mass is 9.91. The molecule has 7 heteroatoms. The first-order valence-electron chi connectivity index (χ1n) is 7.35. The van der Waals surface area contributed by atoms with E-state index in [0.717, 1.165) is 12.8 Å². The second kappa shape index (κ2) is 6.60. The maximum absolute atomic E-state index is 12.3. The fraction of sp³-hybridized carbons (Fsp3) is 0.643. The van der Waals surface area contributed by atoms with Gasteiger partial charge in [-0.25, -0.2) is 14.6 Å². The molecule has 1 atom stereocenters. The zero-order valence-corrected chi connectivity index (χ0v) is 12.3. The highest BCUT2D eigenvalue weighted by Crippen LogP contribution is 2.33. The van der Waals surface area contributed by atoms with E-state index in [1.807, 2.05) is 17.7 Å². The van der Waals surface area contributed by atoms with Crippen LogP contribution in [0.25, 0.3) is 0 Å². The second-order valence-corrected chi connectivity index (χ2v) is 5.37. The van der Waals surface area contributed by atoms with Crippen molar-refractivity contribution in [3.63, 3.8) is 0 Å². The molecule has 7 nitrogen and oxygen atoms in total. The Morgan fingerprint density at radius 2 is 2.29 bits per heavy atom. The molecule has 116 valence electrons. The fourth-order valence-corrected chi connectivity index (χ4v) is 2.98. The number of hydrogen-bond donors (Lipinski definition) is 2. The standard InChI is InChI=1S/C14H22N4O3/c1-2-4-14(12(19)20)5-3-8-18(14)13(21)16-7-10-17-9-6-15-11-17/h6,9,11H,2-5,7-8,10H2,1H3,(H,16,21)(H,19,20). The number of carbonyl (C=O) groups is 2. The van der Waals surface area contributed by atoms with Crippen LogP contribution in [-0.4, -0.2) is 50.2 Å². The summed E-state index contributed by atoms with van der Waals surface area (Å²) in [7, 11) is 0. The van der Waals surface area contributed by atoms with E-state index in [9.17, 15) is 14.7 Å². The maximum atomic E-state index is 12.3. The number of rotatable bonds is 6. The summed E-state index contributed by atoms with van der Waals surface area (Å²) in [5, 5.41) is 12.4. The molecule has 0 spiro atoms. The monoisotopic (exact) mass is 294 g/mol. The molecule has 1 aromatic rings. The summed E-state index contributed by atoms with van der Waals surface area (Å²) in [5.41, 5.74) is -1.03. The molecule has 0 aromatic carbocycles. The van der Waals surface area contributed by atoms with Crippen LogP contribution in [0.5, 0.6) is 0 Å². The largest absolute Gasteiger partial charge is 0.479 e. The maximum Gasteiger partial charge on any atom is 0.329 e. The molecule has 1 aromatic heterocycles. The fourth-order valence-electron chi connectivity index (χ4n) is 2.98. The third-order valence-electron chi connectivity index (χ3n) is 4.00. The van der Waals surface area contributed by atoms with Gasteiger partial charge in [-0.1, -0.05) is 13.3 Å². The molecule has 2 rings (SSSR count).